The Labute approximate surface area is 156 Å². The number of carbonyl (C=O) groups is 2. The van der Waals surface area contributed by atoms with E-state index in [1.807, 2.05) is 0 Å². The van der Waals surface area contributed by atoms with E-state index in [0.29, 0.717) is 33.4 Å². The van der Waals surface area contributed by atoms with Gasteiger partial charge in [-0.15, -0.1) is 0 Å². The number of hydrogen-bond acceptors (Lipinski definition) is 5. The number of nitrogen functional groups attached to an aromatic ring is 1. The van der Waals surface area contributed by atoms with Crippen LogP contribution in [-0.2, 0) is 4.79 Å². The molecule has 4 N–H and O–H groups in total. The summed E-state index contributed by atoms with van der Waals surface area (Å²) in [5.41, 5.74) is 9.76. The number of hydrogen-bond donors (Lipinski definition) is 3. The minimum atomic E-state index is -0.440. The molecule has 0 aliphatic carbocycles. The van der Waals surface area contributed by atoms with Crippen molar-refractivity contribution in [1.29, 1.82) is 0 Å². The van der Waals surface area contributed by atoms with Crippen molar-refractivity contribution in [1.82, 2.24) is 5.43 Å². The van der Waals surface area contributed by atoms with Gasteiger partial charge in [0.25, 0.3) is 5.91 Å². The Hall–Kier alpha value is -3.06. The van der Waals surface area contributed by atoms with Gasteiger partial charge >= 0.3 is 0 Å². The van der Waals surface area contributed by atoms with Gasteiger partial charge in [0.1, 0.15) is 5.75 Å². The highest BCUT2D eigenvalue weighted by molar-refractivity contribution is 6.32. The molecule has 2 aromatic carbocycles. The lowest BCUT2D eigenvalue weighted by Gasteiger charge is -2.08. The number of hydrazone groups is 1. The third-order valence-electron chi connectivity index (χ3n) is 3.41. The quantitative estimate of drug-likeness (QED) is 0.410. The number of nitrogens with zero attached hydrogens (tertiary/aromatic N) is 1. The van der Waals surface area contributed by atoms with Gasteiger partial charge in [-0.2, -0.15) is 5.10 Å². The Morgan fingerprint density at radius 1 is 1.23 bits per heavy atom. The van der Waals surface area contributed by atoms with Gasteiger partial charge < -0.3 is 15.8 Å². The van der Waals surface area contributed by atoms with Gasteiger partial charge in [-0.1, -0.05) is 23.7 Å². The number of para-hydroxylation sites is 1. The molecule has 8 heteroatoms. The van der Waals surface area contributed by atoms with E-state index >= 15 is 0 Å². The summed E-state index contributed by atoms with van der Waals surface area (Å²) in [6, 6.07) is 11.6. The van der Waals surface area contributed by atoms with Gasteiger partial charge in [-0.3, -0.25) is 9.59 Å². The van der Waals surface area contributed by atoms with Gasteiger partial charge in [-0.25, -0.2) is 5.43 Å². The largest absolute Gasteiger partial charge is 0.495 e. The second-order valence-corrected chi connectivity index (χ2v) is 5.86. The summed E-state index contributed by atoms with van der Waals surface area (Å²) < 4.78 is 5.06. The number of rotatable bonds is 6. The molecule has 0 saturated carbocycles. The average Bonchev–Trinajstić information content (AvgIpc) is 2.60. The normalized spacial score (nSPS) is 11.0. The van der Waals surface area contributed by atoms with Gasteiger partial charge in [0, 0.05) is 17.1 Å². The molecule has 0 fully saturated rings. The molecule has 0 aliphatic rings. The van der Waals surface area contributed by atoms with Crippen LogP contribution in [0.3, 0.4) is 0 Å². The van der Waals surface area contributed by atoms with Crippen molar-refractivity contribution in [3.63, 3.8) is 0 Å². The lowest BCUT2D eigenvalue weighted by Crippen LogP contribution is -2.22. The van der Waals surface area contributed by atoms with Gasteiger partial charge in [0.2, 0.25) is 5.91 Å². The Morgan fingerprint density at radius 3 is 2.62 bits per heavy atom. The van der Waals surface area contributed by atoms with E-state index in [4.69, 9.17) is 22.1 Å². The standard InChI is InChI=1S/C18H19ClN4O3/c1-11(22-23-18(25)13-5-3-4-6-15(13)20)9-17(24)21-12-7-8-16(26-2)14(19)10-12/h3-8,10H,9,20H2,1-2H3,(H,21,24)(H,23,25)/b22-11-. The fourth-order valence-electron chi connectivity index (χ4n) is 2.13. The highest BCUT2D eigenvalue weighted by Gasteiger charge is 2.10. The molecule has 0 spiro atoms. The van der Waals surface area contributed by atoms with Crippen LogP contribution < -0.4 is 21.2 Å². The van der Waals surface area contributed by atoms with Crippen LogP contribution >= 0.6 is 11.6 Å². The van der Waals surface area contributed by atoms with Crippen LogP contribution in [0.15, 0.2) is 47.6 Å². The predicted molar refractivity (Wildman–Crippen MR) is 103 cm³/mol. The summed E-state index contributed by atoms with van der Waals surface area (Å²) >= 11 is 6.02. The molecule has 136 valence electrons. The Morgan fingerprint density at radius 2 is 1.96 bits per heavy atom. The zero-order chi connectivity index (χ0) is 19.1. The van der Waals surface area contributed by atoms with E-state index in [0.717, 1.165) is 0 Å². The van der Waals surface area contributed by atoms with Crippen LogP contribution in [0, 0.1) is 0 Å². The number of methoxy groups -OCH3 is 1. The van der Waals surface area contributed by atoms with Crippen LogP contribution in [0.5, 0.6) is 5.75 Å². The third-order valence-corrected chi connectivity index (χ3v) is 3.70. The first-order valence-corrected chi connectivity index (χ1v) is 8.10. The van der Waals surface area contributed by atoms with Crippen LogP contribution in [0.25, 0.3) is 0 Å². The zero-order valence-electron chi connectivity index (χ0n) is 14.4. The monoisotopic (exact) mass is 374 g/mol. The average molecular weight is 375 g/mol. The molecule has 0 atom stereocenters. The SMILES string of the molecule is COc1ccc(NC(=O)C/C(C)=N\NC(=O)c2ccccc2N)cc1Cl. The van der Waals surface area contributed by atoms with Crippen molar-refractivity contribution < 1.29 is 14.3 Å². The van der Waals surface area contributed by atoms with Crippen LogP contribution in [0.1, 0.15) is 23.7 Å². The molecule has 0 bridgehead atoms. The van der Waals surface area contributed by atoms with Crippen LogP contribution in [-0.4, -0.2) is 24.6 Å². The topological polar surface area (TPSA) is 106 Å². The maximum absolute atomic E-state index is 12.1. The molecule has 0 saturated heterocycles. The fourth-order valence-corrected chi connectivity index (χ4v) is 2.39. The number of halogens is 1. The zero-order valence-corrected chi connectivity index (χ0v) is 15.1. The first-order valence-electron chi connectivity index (χ1n) is 7.72. The van der Waals surface area contributed by atoms with Crippen molar-refractivity contribution in [2.45, 2.75) is 13.3 Å². The Kier molecular flexibility index (Phi) is 6.57. The summed E-state index contributed by atoms with van der Waals surface area (Å²) in [5.74, 6) is -0.212. The Balaban J connectivity index is 1.92. The highest BCUT2D eigenvalue weighted by Crippen LogP contribution is 2.27. The molecule has 7 nitrogen and oxygen atoms in total. The van der Waals surface area contributed by atoms with E-state index in [1.54, 1.807) is 49.4 Å². The minimum Gasteiger partial charge on any atom is -0.495 e. The summed E-state index contributed by atoms with van der Waals surface area (Å²) in [4.78, 5) is 24.1. The molecule has 2 amide bonds. The van der Waals surface area contributed by atoms with E-state index in [2.05, 4.69) is 15.8 Å². The minimum absolute atomic E-state index is 0.00813. The summed E-state index contributed by atoms with van der Waals surface area (Å²) in [6.45, 7) is 1.63. The van der Waals surface area contributed by atoms with Crippen LogP contribution in [0.2, 0.25) is 5.02 Å². The number of benzene rings is 2. The molecule has 0 radical (unpaired) electrons. The summed E-state index contributed by atoms with van der Waals surface area (Å²) in [7, 11) is 1.51. The lowest BCUT2D eigenvalue weighted by molar-refractivity contribution is -0.115. The number of amides is 2. The number of nitrogens with one attached hydrogen (secondary N) is 2. The van der Waals surface area contributed by atoms with Crippen molar-refractivity contribution in [2.24, 2.45) is 5.10 Å². The van der Waals surface area contributed by atoms with Gasteiger partial charge in [-0.05, 0) is 37.3 Å². The molecule has 26 heavy (non-hydrogen) atoms. The first-order chi connectivity index (χ1) is 12.4. The predicted octanol–water partition coefficient (Wildman–Crippen LogP) is 3.07. The lowest BCUT2D eigenvalue weighted by atomic mass is 10.2. The fraction of sp³-hybridized carbons (Fsp3) is 0.167. The smallest absolute Gasteiger partial charge is 0.273 e. The molecule has 0 unspecified atom stereocenters. The second kappa shape index (κ2) is 8.87. The van der Waals surface area contributed by atoms with E-state index in [-0.39, 0.29) is 12.3 Å². The van der Waals surface area contributed by atoms with Crippen molar-refractivity contribution in [3.8, 4) is 5.75 Å². The maximum atomic E-state index is 12.1. The molecule has 2 rings (SSSR count). The van der Waals surface area contributed by atoms with Crippen molar-refractivity contribution >= 4 is 40.5 Å². The van der Waals surface area contributed by atoms with E-state index in [1.165, 1.54) is 7.11 Å². The van der Waals surface area contributed by atoms with Crippen LogP contribution in [0.4, 0.5) is 11.4 Å². The van der Waals surface area contributed by atoms with Crippen molar-refractivity contribution in [3.05, 3.63) is 53.1 Å². The number of carbonyl (C=O) groups excluding carboxylic acids is 2. The number of ether oxygens (including phenoxy) is 1. The molecule has 0 heterocycles. The number of nitrogens with two attached hydrogens (primary N) is 1. The Bertz CT molecular complexity index is 852. The summed E-state index contributed by atoms with van der Waals surface area (Å²) in [5, 5.41) is 7.02. The van der Waals surface area contributed by atoms with E-state index < -0.39 is 5.91 Å². The number of anilines is 2. The molecular formula is C18H19ClN4O3. The molecule has 2 aromatic rings. The van der Waals surface area contributed by atoms with Gasteiger partial charge in [0.05, 0.1) is 24.1 Å². The third kappa shape index (κ3) is 5.22. The molecular weight excluding hydrogens is 356 g/mol. The summed E-state index contributed by atoms with van der Waals surface area (Å²) in [6.07, 6.45) is 0.00813. The van der Waals surface area contributed by atoms with E-state index in [9.17, 15) is 9.59 Å². The second-order valence-electron chi connectivity index (χ2n) is 5.45. The van der Waals surface area contributed by atoms with Crippen molar-refractivity contribution in [2.75, 3.05) is 18.2 Å². The first kappa shape index (κ1) is 19.3. The van der Waals surface area contributed by atoms with Gasteiger partial charge in [0.15, 0.2) is 0 Å². The maximum Gasteiger partial charge on any atom is 0.273 e. The highest BCUT2D eigenvalue weighted by atomic mass is 35.5. The molecule has 0 aliphatic heterocycles. The molecule has 0 aromatic heterocycles.